The van der Waals surface area contributed by atoms with Crippen LogP contribution >= 0.6 is 0 Å². The number of nitrogens with one attached hydrogen (secondary N) is 1. The lowest BCUT2D eigenvalue weighted by atomic mass is 10.2. The minimum absolute atomic E-state index is 0.141. The molecule has 0 bridgehead atoms. The number of carbonyl (C=O) groups is 2. The van der Waals surface area contributed by atoms with E-state index in [2.05, 4.69) is 15.2 Å². The maximum Gasteiger partial charge on any atom is 0.346 e. The molecule has 1 amide bonds. The maximum atomic E-state index is 12.2. The van der Waals surface area contributed by atoms with E-state index in [-0.39, 0.29) is 18.1 Å². The van der Waals surface area contributed by atoms with Gasteiger partial charge in [0, 0.05) is 18.7 Å². The summed E-state index contributed by atoms with van der Waals surface area (Å²) >= 11 is 0. The third-order valence-electron chi connectivity index (χ3n) is 3.91. The molecule has 1 aliphatic rings. The van der Waals surface area contributed by atoms with E-state index in [1.54, 1.807) is 28.8 Å². The van der Waals surface area contributed by atoms with Gasteiger partial charge in [-0.3, -0.25) is 9.36 Å². The lowest BCUT2D eigenvalue weighted by molar-refractivity contribution is -0.117. The molecule has 1 aromatic heterocycles. The molecule has 0 radical (unpaired) electrons. The van der Waals surface area contributed by atoms with Gasteiger partial charge >= 0.3 is 11.7 Å². The molecule has 2 heterocycles. The Hall–Kier alpha value is -2.90. The second-order valence-electron chi connectivity index (χ2n) is 5.58. The van der Waals surface area contributed by atoms with Crippen LogP contribution in [0.25, 0.3) is 0 Å². The van der Waals surface area contributed by atoms with Gasteiger partial charge in [-0.1, -0.05) is 0 Å². The summed E-state index contributed by atoms with van der Waals surface area (Å²) in [6.07, 6.45) is 2.73. The van der Waals surface area contributed by atoms with Gasteiger partial charge in [0.1, 0.15) is 12.4 Å². The monoisotopic (exact) mass is 330 g/mol. The maximum absolute atomic E-state index is 12.2. The van der Waals surface area contributed by atoms with Crippen molar-refractivity contribution in [2.75, 3.05) is 12.4 Å². The third kappa shape index (κ3) is 3.22. The Morgan fingerprint density at radius 3 is 2.67 bits per heavy atom. The van der Waals surface area contributed by atoms with Crippen LogP contribution in [0.15, 0.2) is 29.1 Å². The fraction of sp³-hybridized carbons (Fsp3) is 0.375. The molecule has 126 valence electrons. The first-order chi connectivity index (χ1) is 11.6. The first-order valence-electron chi connectivity index (χ1n) is 7.73. The average molecular weight is 330 g/mol. The highest BCUT2D eigenvalue weighted by Crippen LogP contribution is 2.11. The highest BCUT2D eigenvalue weighted by molar-refractivity contribution is 5.92. The van der Waals surface area contributed by atoms with E-state index >= 15 is 0 Å². The molecule has 0 aliphatic carbocycles. The molecule has 0 saturated carbocycles. The molecule has 0 atom stereocenters. The number of esters is 1. The first kappa shape index (κ1) is 16.0. The minimum atomic E-state index is -0.442. The van der Waals surface area contributed by atoms with Gasteiger partial charge in [-0.05, 0) is 37.1 Å². The van der Waals surface area contributed by atoms with Gasteiger partial charge in [0.15, 0.2) is 0 Å². The zero-order chi connectivity index (χ0) is 17.1. The molecule has 8 heteroatoms. The quantitative estimate of drug-likeness (QED) is 0.837. The van der Waals surface area contributed by atoms with Crippen LogP contribution in [-0.4, -0.2) is 33.3 Å². The molecule has 1 aliphatic heterocycles. The van der Waals surface area contributed by atoms with E-state index in [1.165, 1.54) is 11.8 Å². The highest BCUT2D eigenvalue weighted by atomic mass is 16.5. The van der Waals surface area contributed by atoms with Crippen LogP contribution < -0.4 is 11.0 Å². The number of carbonyl (C=O) groups excluding carboxylic acids is 2. The summed E-state index contributed by atoms with van der Waals surface area (Å²) in [4.78, 5) is 35.7. The van der Waals surface area contributed by atoms with Crippen LogP contribution in [0.5, 0.6) is 0 Å². The zero-order valence-corrected chi connectivity index (χ0v) is 13.3. The van der Waals surface area contributed by atoms with E-state index in [0.717, 1.165) is 25.1 Å². The number of anilines is 1. The Bertz CT molecular complexity index is 820. The van der Waals surface area contributed by atoms with E-state index in [1.807, 2.05) is 0 Å². The van der Waals surface area contributed by atoms with E-state index in [4.69, 9.17) is 0 Å². The van der Waals surface area contributed by atoms with E-state index in [9.17, 15) is 14.4 Å². The second-order valence-corrected chi connectivity index (χ2v) is 5.58. The number of amides is 1. The zero-order valence-electron chi connectivity index (χ0n) is 13.3. The van der Waals surface area contributed by atoms with Gasteiger partial charge in [0.2, 0.25) is 5.91 Å². The molecule has 3 rings (SSSR count). The van der Waals surface area contributed by atoms with Gasteiger partial charge < -0.3 is 10.1 Å². The highest BCUT2D eigenvalue weighted by Gasteiger charge is 2.18. The Labute approximate surface area is 138 Å². The molecular formula is C16H18N4O4. The molecule has 0 saturated heterocycles. The van der Waals surface area contributed by atoms with Crippen LogP contribution in [0.4, 0.5) is 5.69 Å². The van der Waals surface area contributed by atoms with E-state index in [0.29, 0.717) is 17.8 Å². The molecule has 1 aromatic carbocycles. The van der Waals surface area contributed by atoms with Gasteiger partial charge in [0.25, 0.3) is 0 Å². The summed E-state index contributed by atoms with van der Waals surface area (Å²) in [7, 11) is 1.31. The fourth-order valence-electron chi connectivity index (χ4n) is 2.70. The largest absolute Gasteiger partial charge is 0.465 e. The molecule has 0 spiro atoms. The van der Waals surface area contributed by atoms with Crippen molar-refractivity contribution in [1.82, 2.24) is 14.3 Å². The lowest BCUT2D eigenvalue weighted by Gasteiger charge is -2.09. The van der Waals surface area contributed by atoms with Crippen LogP contribution in [-0.2, 0) is 29.0 Å². The van der Waals surface area contributed by atoms with Gasteiger partial charge in [0.05, 0.1) is 12.7 Å². The standard InChI is InChI=1S/C16H18N4O4/c1-24-15(22)11-5-7-12(8-6-11)17-14(21)10-20-16(23)19-9-3-2-4-13(19)18-20/h5-8H,2-4,9-10H2,1H3,(H,17,21). The van der Waals surface area contributed by atoms with Crippen molar-refractivity contribution in [3.05, 3.63) is 46.1 Å². The molecule has 2 aromatic rings. The Kier molecular flexibility index (Phi) is 4.45. The van der Waals surface area contributed by atoms with Crippen molar-refractivity contribution in [2.45, 2.75) is 32.4 Å². The predicted octanol–water partition coefficient (Wildman–Crippen LogP) is 0.806. The summed E-state index contributed by atoms with van der Waals surface area (Å²) in [5.41, 5.74) is 0.680. The second kappa shape index (κ2) is 6.69. The number of fused-ring (bicyclic) bond motifs is 1. The van der Waals surface area contributed by atoms with E-state index < -0.39 is 5.97 Å². The number of hydrogen-bond acceptors (Lipinski definition) is 5. The van der Waals surface area contributed by atoms with Crippen LogP contribution in [0.1, 0.15) is 29.0 Å². The van der Waals surface area contributed by atoms with Crippen molar-refractivity contribution in [3.8, 4) is 0 Å². The number of aryl methyl sites for hydroxylation is 1. The Morgan fingerprint density at radius 2 is 2.00 bits per heavy atom. The molecule has 8 nitrogen and oxygen atoms in total. The summed E-state index contributed by atoms with van der Waals surface area (Å²) in [6.45, 7) is 0.516. The van der Waals surface area contributed by atoms with Crippen molar-refractivity contribution < 1.29 is 14.3 Å². The number of hydrogen-bond donors (Lipinski definition) is 1. The van der Waals surface area contributed by atoms with Crippen molar-refractivity contribution in [1.29, 1.82) is 0 Å². The average Bonchev–Trinajstić information content (AvgIpc) is 2.91. The number of benzene rings is 1. The number of ether oxygens (including phenoxy) is 1. The summed E-state index contributed by atoms with van der Waals surface area (Å²) in [5, 5.41) is 6.91. The fourth-order valence-corrected chi connectivity index (χ4v) is 2.70. The molecular weight excluding hydrogens is 312 g/mol. The van der Waals surface area contributed by atoms with Crippen molar-refractivity contribution in [3.63, 3.8) is 0 Å². The SMILES string of the molecule is COC(=O)c1ccc(NC(=O)Cn2nc3n(c2=O)CCCC3)cc1. The van der Waals surface area contributed by atoms with Crippen molar-refractivity contribution in [2.24, 2.45) is 0 Å². The molecule has 0 unspecified atom stereocenters. The molecule has 1 N–H and O–H groups in total. The lowest BCUT2D eigenvalue weighted by Crippen LogP contribution is -2.30. The number of nitrogens with zero attached hydrogens (tertiary/aromatic N) is 3. The summed E-state index contributed by atoms with van der Waals surface area (Å²) in [6, 6.07) is 6.32. The number of aromatic nitrogens is 3. The molecule has 0 fully saturated rings. The Balaban J connectivity index is 1.67. The first-order valence-corrected chi connectivity index (χ1v) is 7.73. The van der Waals surface area contributed by atoms with Gasteiger partial charge in [-0.2, -0.15) is 5.10 Å². The smallest absolute Gasteiger partial charge is 0.346 e. The van der Waals surface area contributed by atoms with Crippen LogP contribution in [0, 0.1) is 0 Å². The topological polar surface area (TPSA) is 95.2 Å². The van der Waals surface area contributed by atoms with Crippen LogP contribution in [0.2, 0.25) is 0 Å². The van der Waals surface area contributed by atoms with Crippen LogP contribution in [0.3, 0.4) is 0 Å². The normalized spacial score (nSPS) is 13.2. The minimum Gasteiger partial charge on any atom is -0.465 e. The predicted molar refractivity (Wildman–Crippen MR) is 85.8 cm³/mol. The number of methoxy groups -OCH3 is 1. The van der Waals surface area contributed by atoms with Gasteiger partial charge in [-0.25, -0.2) is 14.3 Å². The molecule has 24 heavy (non-hydrogen) atoms. The summed E-state index contributed by atoms with van der Waals surface area (Å²) in [5.74, 6) is -0.0529. The number of rotatable bonds is 4. The van der Waals surface area contributed by atoms with Crippen molar-refractivity contribution >= 4 is 17.6 Å². The Morgan fingerprint density at radius 1 is 1.25 bits per heavy atom. The summed E-state index contributed by atoms with van der Waals surface area (Å²) < 4.78 is 7.43. The van der Waals surface area contributed by atoms with Gasteiger partial charge in [-0.15, -0.1) is 0 Å². The third-order valence-corrected chi connectivity index (χ3v) is 3.91.